The van der Waals surface area contributed by atoms with Gasteiger partial charge in [0.15, 0.2) is 0 Å². The lowest BCUT2D eigenvalue weighted by Gasteiger charge is -2.36. The third kappa shape index (κ3) is 4.51. The van der Waals surface area contributed by atoms with Gasteiger partial charge in [-0.25, -0.2) is 4.39 Å². The normalized spacial score (nSPS) is 17.8. The molecule has 0 unspecified atom stereocenters. The van der Waals surface area contributed by atoms with Crippen LogP contribution in [0.2, 0.25) is 0 Å². The third-order valence-corrected chi connectivity index (χ3v) is 3.96. The van der Waals surface area contributed by atoms with E-state index in [0.29, 0.717) is 5.92 Å². The molecule has 1 aromatic carbocycles. The Morgan fingerprint density at radius 1 is 1.24 bits per heavy atom. The summed E-state index contributed by atoms with van der Waals surface area (Å²) in [5.74, 6) is 0.215. The first-order valence-corrected chi connectivity index (χ1v) is 7.34. The van der Waals surface area contributed by atoms with Crippen LogP contribution in [0.5, 0.6) is 0 Å². The van der Waals surface area contributed by atoms with Crippen molar-refractivity contribution in [2.45, 2.75) is 12.8 Å². The summed E-state index contributed by atoms with van der Waals surface area (Å²) in [5, 5.41) is 0. The average molecular weight is 294 g/mol. The summed E-state index contributed by atoms with van der Waals surface area (Å²) in [7, 11) is 1.54. The highest BCUT2D eigenvalue weighted by atomic mass is 19.1. The molecule has 0 aliphatic carbocycles. The van der Waals surface area contributed by atoms with Crippen LogP contribution in [0.1, 0.15) is 18.4 Å². The van der Waals surface area contributed by atoms with E-state index in [-0.39, 0.29) is 18.3 Å². The quantitative estimate of drug-likeness (QED) is 0.829. The van der Waals surface area contributed by atoms with Gasteiger partial charge in [-0.15, -0.1) is 0 Å². The summed E-state index contributed by atoms with van der Waals surface area (Å²) in [5.41, 5.74) is 1.15. The molecule has 1 aliphatic rings. The van der Waals surface area contributed by atoms with E-state index < -0.39 is 0 Å². The molecule has 4 nitrogen and oxygen atoms in total. The number of ether oxygens (including phenoxy) is 1. The van der Waals surface area contributed by atoms with Crippen LogP contribution in [-0.4, -0.2) is 62.1 Å². The number of rotatable bonds is 5. The second-order valence-corrected chi connectivity index (χ2v) is 5.57. The number of carbonyl (C=O) groups is 1. The molecule has 0 bridgehead atoms. The SMILES string of the molecule is COCC(=O)N1CCN(C[C@H](C)c2ccc(F)cc2)CC1. The molecular weight excluding hydrogens is 271 g/mol. The van der Waals surface area contributed by atoms with Gasteiger partial charge >= 0.3 is 0 Å². The van der Waals surface area contributed by atoms with E-state index in [4.69, 9.17) is 4.74 Å². The molecule has 2 rings (SSSR count). The van der Waals surface area contributed by atoms with Crippen molar-refractivity contribution < 1.29 is 13.9 Å². The maximum atomic E-state index is 12.9. The number of piperazine rings is 1. The Balaban J connectivity index is 1.80. The summed E-state index contributed by atoms with van der Waals surface area (Å²) in [4.78, 5) is 15.9. The number of halogens is 1. The van der Waals surface area contributed by atoms with Crippen molar-refractivity contribution in [3.8, 4) is 0 Å². The fraction of sp³-hybridized carbons (Fsp3) is 0.562. The van der Waals surface area contributed by atoms with Crippen LogP contribution >= 0.6 is 0 Å². The van der Waals surface area contributed by atoms with Crippen molar-refractivity contribution in [3.05, 3.63) is 35.6 Å². The van der Waals surface area contributed by atoms with Crippen molar-refractivity contribution in [2.24, 2.45) is 0 Å². The Morgan fingerprint density at radius 3 is 2.43 bits per heavy atom. The van der Waals surface area contributed by atoms with E-state index in [1.54, 1.807) is 7.11 Å². The Kier molecular flexibility index (Phi) is 5.70. The first kappa shape index (κ1) is 15.9. The van der Waals surface area contributed by atoms with Gasteiger partial charge in [-0.1, -0.05) is 19.1 Å². The van der Waals surface area contributed by atoms with Crippen molar-refractivity contribution >= 4 is 5.91 Å². The van der Waals surface area contributed by atoms with Crippen LogP contribution in [0.15, 0.2) is 24.3 Å². The van der Waals surface area contributed by atoms with Gasteiger partial charge in [-0.3, -0.25) is 9.69 Å². The smallest absolute Gasteiger partial charge is 0.248 e. The molecule has 0 radical (unpaired) electrons. The molecule has 0 aromatic heterocycles. The van der Waals surface area contributed by atoms with E-state index in [9.17, 15) is 9.18 Å². The van der Waals surface area contributed by atoms with Gasteiger partial charge in [0.2, 0.25) is 5.91 Å². The maximum absolute atomic E-state index is 12.9. The molecule has 5 heteroatoms. The van der Waals surface area contributed by atoms with Gasteiger partial charge in [0.05, 0.1) is 0 Å². The highest BCUT2D eigenvalue weighted by Gasteiger charge is 2.22. The molecule has 1 atom stereocenters. The molecule has 1 aromatic rings. The number of hydrogen-bond donors (Lipinski definition) is 0. The second-order valence-electron chi connectivity index (χ2n) is 5.57. The highest BCUT2D eigenvalue weighted by Crippen LogP contribution is 2.18. The van der Waals surface area contributed by atoms with Crippen LogP contribution in [0.4, 0.5) is 4.39 Å². The van der Waals surface area contributed by atoms with Crippen LogP contribution < -0.4 is 0 Å². The number of benzene rings is 1. The van der Waals surface area contributed by atoms with E-state index in [1.807, 2.05) is 17.0 Å². The molecule has 0 saturated carbocycles. The Hall–Kier alpha value is -1.46. The molecule has 21 heavy (non-hydrogen) atoms. The van der Waals surface area contributed by atoms with Crippen LogP contribution in [0.25, 0.3) is 0 Å². The van der Waals surface area contributed by atoms with E-state index in [1.165, 1.54) is 12.1 Å². The molecule has 0 N–H and O–H groups in total. The van der Waals surface area contributed by atoms with Crippen molar-refractivity contribution in [1.82, 2.24) is 9.80 Å². The number of amides is 1. The molecule has 1 aliphatic heterocycles. The van der Waals surface area contributed by atoms with Crippen molar-refractivity contribution in [3.63, 3.8) is 0 Å². The molecular formula is C16H23FN2O2. The number of nitrogens with zero attached hydrogens (tertiary/aromatic N) is 2. The van der Waals surface area contributed by atoms with Crippen LogP contribution in [0, 0.1) is 5.82 Å². The molecule has 1 saturated heterocycles. The van der Waals surface area contributed by atoms with Gasteiger partial charge < -0.3 is 9.64 Å². The predicted molar refractivity (Wildman–Crippen MR) is 79.7 cm³/mol. The molecule has 116 valence electrons. The van der Waals surface area contributed by atoms with E-state index in [2.05, 4.69) is 11.8 Å². The summed E-state index contributed by atoms with van der Waals surface area (Å²) in [6.45, 7) is 6.48. The number of methoxy groups -OCH3 is 1. The lowest BCUT2D eigenvalue weighted by molar-refractivity contribution is -0.136. The monoisotopic (exact) mass is 294 g/mol. The molecule has 1 fully saturated rings. The van der Waals surface area contributed by atoms with Crippen LogP contribution in [0.3, 0.4) is 0 Å². The molecule has 0 spiro atoms. The molecule has 1 amide bonds. The Labute approximate surface area is 125 Å². The Morgan fingerprint density at radius 2 is 1.86 bits per heavy atom. The van der Waals surface area contributed by atoms with Gasteiger partial charge in [-0.2, -0.15) is 0 Å². The minimum atomic E-state index is -0.198. The third-order valence-electron chi connectivity index (χ3n) is 3.96. The topological polar surface area (TPSA) is 32.8 Å². The van der Waals surface area contributed by atoms with E-state index >= 15 is 0 Å². The van der Waals surface area contributed by atoms with Crippen molar-refractivity contribution in [2.75, 3.05) is 46.4 Å². The maximum Gasteiger partial charge on any atom is 0.248 e. The standard InChI is InChI=1S/C16H23FN2O2/c1-13(14-3-5-15(17)6-4-14)11-18-7-9-19(10-8-18)16(20)12-21-2/h3-6,13H,7-12H2,1-2H3/t13-/m0/s1. The summed E-state index contributed by atoms with van der Waals surface area (Å²) < 4.78 is 17.8. The zero-order valence-corrected chi connectivity index (χ0v) is 12.7. The van der Waals surface area contributed by atoms with Gasteiger partial charge in [0.1, 0.15) is 12.4 Å². The zero-order valence-electron chi connectivity index (χ0n) is 12.7. The lowest BCUT2D eigenvalue weighted by atomic mass is 10.0. The Bertz CT molecular complexity index is 456. The fourth-order valence-electron chi connectivity index (χ4n) is 2.68. The second kappa shape index (κ2) is 7.52. The number of hydrogen-bond acceptors (Lipinski definition) is 3. The average Bonchev–Trinajstić information content (AvgIpc) is 2.49. The minimum Gasteiger partial charge on any atom is -0.375 e. The minimum absolute atomic E-state index is 0.0590. The first-order valence-electron chi connectivity index (χ1n) is 7.34. The summed E-state index contributed by atoms with van der Waals surface area (Å²) >= 11 is 0. The summed E-state index contributed by atoms with van der Waals surface area (Å²) in [6, 6.07) is 6.71. The van der Waals surface area contributed by atoms with Gasteiger partial charge in [-0.05, 0) is 23.6 Å². The van der Waals surface area contributed by atoms with Gasteiger partial charge in [0.25, 0.3) is 0 Å². The number of carbonyl (C=O) groups excluding carboxylic acids is 1. The largest absolute Gasteiger partial charge is 0.375 e. The van der Waals surface area contributed by atoms with Crippen LogP contribution in [-0.2, 0) is 9.53 Å². The predicted octanol–water partition coefficient (Wildman–Crippen LogP) is 1.72. The zero-order chi connectivity index (χ0) is 15.2. The fourth-order valence-corrected chi connectivity index (χ4v) is 2.68. The van der Waals surface area contributed by atoms with Crippen molar-refractivity contribution in [1.29, 1.82) is 0 Å². The highest BCUT2D eigenvalue weighted by molar-refractivity contribution is 5.77. The first-order chi connectivity index (χ1) is 10.1. The summed E-state index contributed by atoms with van der Waals surface area (Å²) in [6.07, 6.45) is 0. The van der Waals surface area contributed by atoms with Gasteiger partial charge in [0, 0.05) is 39.8 Å². The molecule has 1 heterocycles. The lowest BCUT2D eigenvalue weighted by Crippen LogP contribution is -2.50. The van der Waals surface area contributed by atoms with E-state index in [0.717, 1.165) is 38.3 Å².